The third kappa shape index (κ3) is 3.70. The Bertz CT molecular complexity index is 781. The van der Waals surface area contributed by atoms with Crippen LogP contribution in [0.2, 0.25) is 0 Å². The first-order chi connectivity index (χ1) is 11.2. The number of rotatable bonds is 5. The lowest BCUT2D eigenvalue weighted by Crippen LogP contribution is -2.28. The topological polar surface area (TPSA) is 122 Å². The molecule has 0 aliphatic heterocycles. The van der Waals surface area contributed by atoms with Crippen molar-refractivity contribution in [2.75, 3.05) is 5.32 Å². The monoisotopic (exact) mass is 313 g/mol. The predicted octanol–water partition coefficient (Wildman–Crippen LogP) is 1.74. The number of aromatic amines is 1. The summed E-state index contributed by atoms with van der Waals surface area (Å²) >= 11 is 0. The van der Waals surface area contributed by atoms with Crippen molar-refractivity contribution in [2.45, 2.75) is 19.9 Å². The van der Waals surface area contributed by atoms with Crippen LogP contribution in [0.1, 0.15) is 18.6 Å². The highest BCUT2D eigenvalue weighted by Crippen LogP contribution is 2.16. The smallest absolute Gasteiger partial charge is 0.329 e. The Morgan fingerprint density at radius 1 is 1.26 bits per heavy atom. The van der Waals surface area contributed by atoms with E-state index >= 15 is 0 Å². The molecule has 0 aliphatic carbocycles. The number of anilines is 1. The zero-order valence-corrected chi connectivity index (χ0v) is 12.4. The first kappa shape index (κ1) is 14.7. The average Bonchev–Trinajstić information content (AvgIpc) is 3.23. The van der Waals surface area contributed by atoms with Gasteiger partial charge in [0.2, 0.25) is 5.82 Å². The number of hydrogen-bond acceptors (Lipinski definition) is 6. The van der Waals surface area contributed by atoms with Crippen LogP contribution in [0.15, 0.2) is 34.9 Å². The number of aromatic nitrogens is 5. The van der Waals surface area contributed by atoms with Crippen LogP contribution in [-0.4, -0.2) is 31.4 Å². The third-order valence-electron chi connectivity index (χ3n) is 2.99. The Kier molecular flexibility index (Phi) is 4.27. The summed E-state index contributed by atoms with van der Waals surface area (Å²) in [5.41, 5.74) is 0.804. The zero-order valence-electron chi connectivity index (χ0n) is 12.4. The van der Waals surface area contributed by atoms with E-state index in [2.05, 4.69) is 36.0 Å². The maximum Gasteiger partial charge on any atom is 0.329 e. The molecule has 3 rings (SSSR count). The van der Waals surface area contributed by atoms with Crippen LogP contribution >= 0.6 is 0 Å². The van der Waals surface area contributed by atoms with Crippen molar-refractivity contribution in [1.29, 1.82) is 0 Å². The van der Waals surface area contributed by atoms with Gasteiger partial charge in [0.15, 0.2) is 5.82 Å². The maximum absolute atomic E-state index is 11.8. The van der Waals surface area contributed by atoms with Crippen LogP contribution in [0.3, 0.4) is 0 Å². The summed E-state index contributed by atoms with van der Waals surface area (Å²) < 4.78 is 4.99. The molecule has 2 aromatic heterocycles. The van der Waals surface area contributed by atoms with Gasteiger partial charge in [0.25, 0.3) is 0 Å². The maximum atomic E-state index is 11.8. The van der Waals surface area contributed by atoms with E-state index in [0.717, 1.165) is 12.0 Å². The Morgan fingerprint density at radius 2 is 2.09 bits per heavy atom. The molecular formula is C14H15N7O2. The van der Waals surface area contributed by atoms with Gasteiger partial charge in [-0.2, -0.15) is 10.1 Å². The molecule has 0 bridgehead atoms. The number of urea groups is 1. The lowest BCUT2D eigenvalue weighted by molar-refractivity contribution is 0.250. The van der Waals surface area contributed by atoms with Gasteiger partial charge in [-0.05, 0) is 0 Å². The molecule has 118 valence electrons. The van der Waals surface area contributed by atoms with Gasteiger partial charge in [0.05, 0.1) is 6.54 Å². The molecule has 23 heavy (non-hydrogen) atoms. The van der Waals surface area contributed by atoms with Crippen LogP contribution in [0.4, 0.5) is 10.8 Å². The van der Waals surface area contributed by atoms with E-state index in [1.165, 1.54) is 0 Å². The molecule has 9 nitrogen and oxygen atoms in total. The molecule has 0 spiro atoms. The summed E-state index contributed by atoms with van der Waals surface area (Å²) in [6.45, 7) is 2.17. The van der Waals surface area contributed by atoms with E-state index in [0.29, 0.717) is 17.5 Å². The molecule has 0 aliphatic rings. The summed E-state index contributed by atoms with van der Waals surface area (Å²) in [6.07, 6.45) is 0.729. The number of benzene rings is 1. The minimum atomic E-state index is -0.470. The van der Waals surface area contributed by atoms with E-state index in [1.54, 1.807) is 0 Å². The molecule has 9 heteroatoms. The fourth-order valence-electron chi connectivity index (χ4n) is 1.86. The Balaban J connectivity index is 1.55. The number of nitrogens with zero attached hydrogens (tertiary/aromatic N) is 4. The van der Waals surface area contributed by atoms with Crippen LogP contribution < -0.4 is 10.6 Å². The molecule has 0 atom stereocenters. The Morgan fingerprint density at radius 3 is 2.83 bits per heavy atom. The van der Waals surface area contributed by atoms with Gasteiger partial charge < -0.3 is 9.84 Å². The highest BCUT2D eigenvalue weighted by atomic mass is 16.5. The first-order valence-corrected chi connectivity index (χ1v) is 7.08. The van der Waals surface area contributed by atoms with Crippen LogP contribution in [0.25, 0.3) is 11.4 Å². The van der Waals surface area contributed by atoms with Crippen LogP contribution in [-0.2, 0) is 13.0 Å². The Labute approximate surface area is 131 Å². The lowest BCUT2D eigenvalue weighted by atomic mass is 10.2. The van der Waals surface area contributed by atoms with Crippen molar-refractivity contribution in [3.05, 3.63) is 42.0 Å². The highest BCUT2D eigenvalue weighted by Gasteiger charge is 2.11. The van der Waals surface area contributed by atoms with Gasteiger partial charge in [0.1, 0.15) is 5.82 Å². The van der Waals surface area contributed by atoms with Crippen molar-refractivity contribution in [3.63, 3.8) is 0 Å². The van der Waals surface area contributed by atoms with Crippen LogP contribution in [0, 0.1) is 0 Å². The predicted molar refractivity (Wildman–Crippen MR) is 81.4 cm³/mol. The second-order valence-corrected chi connectivity index (χ2v) is 4.65. The number of hydrogen-bond donors (Lipinski definition) is 3. The van der Waals surface area contributed by atoms with E-state index in [4.69, 9.17) is 4.52 Å². The number of carbonyl (C=O) groups excluding carboxylic acids is 1. The van der Waals surface area contributed by atoms with E-state index in [1.807, 2.05) is 37.3 Å². The SMILES string of the molecule is CCc1n[nH]c(CNC(=O)Nc2nc(-c3ccccc3)no2)n1. The van der Waals surface area contributed by atoms with Gasteiger partial charge in [-0.15, -0.1) is 0 Å². The molecule has 0 saturated carbocycles. The van der Waals surface area contributed by atoms with Gasteiger partial charge in [-0.1, -0.05) is 42.4 Å². The second-order valence-electron chi connectivity index (χ2n) is 4.65. The normalized spacial score (nSPS) is 10.5. The average molecular weight is 313 g/mol. The number of carbonyl (C=O) groups is 1. The molecule has 2 heterocycles. The molecule has 0 radical (unpaired) electrons. The molecule has 3 aromatic rings. The molecular weight excluding hydrogens is 298 g/mol. The summed E-state index contributed by atoms with van der Waals surface area (Å²) in [7, 11) is 0. The van der Waals surface area contributed by atoms with Crippen molar-refractivity contribution in [2.24, 2.45) is 0 Å². The van der Waals surface area contributed by atoms with Gasteiger partial charge in [-0.25, -0.2) is 9.78 Å². The van der Waals surface area contributed by atoms with E-state index < -0.39 is 6.03 Å². The van der Waals surface area contributed by atoms with Gasteiger partial charge in [0, 0.05) is 12.0 Å². The minimum absolute atomic E-state index is 0.0215. The Hall–Kier alpha value is -3.23. The fourth-order valence-corrected chi connectivity index (χ4v) is 1.86. The molecule has 1 aromatic carbocycles. The molecule has 0 unspecified atom stereocenters. The van der Waals surface area contributed by atoms with Gasteiger partial charge in [-0.3, -0.25) is 10.4 Å². The van der Waals surface area contributed by atoms with Crippen molar-refractivity contribution in [3.8, 4) is 11.4 Å². The number of aryl methyl sites for hydroxylation is 1. The fraction of sp³-hybridized carbons (Fsp3) is 0.214. The summed E-state index contributed by atoms with van der Waals surface area (Å²) in [6, 6.07) is 8.88. The number of H-pyrrole nitrogens is 1. The third-order valence-corrected chi connectivity index (χ3v) is 2.99. The summed E-state index contributed by atoms with van der Waals surface area (Å²) in [5.74, 6) is 1.68. The summed E-state index contributed by atoms with van der Waals surface area (Å²) in [4.78, 5) is 20.1. The van der Waals surface area contributed by atoms with Crippen molar-refractivity contribution >= 4 is 12.0 Å². The van der Waals surface area contributed by atoms with E-state index in [-0.39, 0.29) is 12.6 Å². The van der Waals surface area contributed by atoms with Crippen molar-refractivity contribution < 1.29 is 9.32 Å². The standard InChI is InChI=1S/C14H15N7O2/c1-2-10-16-11(20-19-10)8-15-13(22)18-14-17-12(21-23-14)9-6-4-3-5-7-9/h3-7H,2,8H2,1H3,(H,16,19,20)(H2,15,17,18,21,22). The minimum Gasteiger partial charge on any atom is -0.330 e. The van der Waals surface area contributed by atoms with Gasteiger partial charge >= 0.3 is 12.0 Å². The van der Waals surface area contributed by atoms with E-state index in [9.17, 15) is 4.79 Å². The zero-order chi connectivity index (χ0) is 16.1. The molecule has 0 fully saturated rings. The summed E-state index contributed by atoms with van der Waals surface area (Å²) in [5, 5.41) is 15.6. The first-order valence-electron chi connectivity index (χ1n) is 7.08. The largest absolute Gasteiger partial charge is 0.330 e. The quantitative estimate of drug-likeness (QED) is 0.659. The lowest BCUT2D eigenvalue weighted by Gasteiger charge is -2.01. The highest BCUT2D eigenvalue weighted by molar-refractivity contribution is 5.86. The van der Waals surface area contributed by atoms with Crippen LogP contribution in [0.5, 0.6) is 0 Å². The molecule has 0 saturated heterocycles. The molecule has 2 amide bonds. The molecule has 3 N–H and O–H groups in total. The second kappa shape index (κ2) is 6.69. The van der Waals surface area contributed by atoms with Crippen molar-refractivity contribution in [1.82, 2.24) is 30.6 Å². The number of nitrogens with one attached hydrogen (secondary N) is 3. The number of amides is 2.